The molecule has 19 heavy (non-hydrogen) atoms. The van der Waals surface area contributed by atoms with E-state index in [1.165, 1.54) is 23.1 Å². The van der Waals surface area contributed by atoms with Crippen LogP contribution in [0.3, 0.4) is 0 Å². The first-order chi connectivity index (χ1) is 9.02. The molecule has 8 heteroatoms. The van der Waals surface area contributed by atoms with Crippen molar-refractivity contribution in [3.05, 3.63) is 40.4 Å². The Kier molecular flexibility index (Phi) is 4.10. The van der Waals surface area contributed by atoms with Crippen molar-refractivity contribution < 1.29 is 13.9 Å². The molecule has 0 aliphatic heterocycles. The predicted molar refractivity (Wildman–Crippen MR) is 68.3 cm³/mol. The lowest BCUT2D eigenvalue weighted by atomic mass is 10.2. The van der Waals surface area contributed by atoms with E-state index in [2.05, 4.69) is 26.0 Å². The van der Waals surface area contributed by atoms with Crippen molar-refractivity contribution in [2.75, 3.05) is 5.73 Å². The molecule has 1 aromatic heterocycles. The summed E-state index contributed by atoms with van der Waals surface area (Å²) in [6, 6.07) is 4.29. The summed E-state index contributed by atoms with van der Waals surface area (Å²) in [5.74, 6) is -0.823. The maximum absolute atomic E-state index is 13.1. The van der Waals surface area contributed by atoms with Crippen molar-refractivity contribution in [2.45, 2.75) is 13.2 Å². The first-order valence-electron chi connectivity index (χ1n) is 5.28. The molecule has 0 bridgehead atoms. The fraction of sp³-hybridized carbons (Fsp3) is 0.182. The summed E-state index contributed by atoms with van der Waals surface area (Å²) in [6.45, 7) is -0.111. The quantitative estimate of drug-likeness (QED) is 0.860. The van der Waals surface area contributed by atoms with Crippen LogP contribution in [-0.4, -0.2) is 20.7 Å². The van der Waals surface area contributed by atoms with E-state index in [0.717, 1.165) is 0 Å². The average Bonchev–Trinajstić information content (AvgIpc) is 2.71. The fourth-order valence-electron chi connectivity index (χ4n) is 1.42. The molecule has 0 unspecified atom stereocenters. The van der Waals surface area contributed by atoms with Crippen molar-refractivity contribution in [1.82, 2.24) is 14.8 Å². The van der Waals surface area contributed by atoms with Crippen LogP contribution in [0.2, 0.25) is 0 Å². The Morgan fingerprint density at radius 1 is 1.47 bits per heavy atom. The Bertz CT molecular complexity index is 582. The molecule has 0 aliphatic carbocycles. The molecule has 1 heterocycles. The monoisotopic (exact) mass is 328 g/mol. The SMILES string of the molecule is Nc1ncn(CC(=O)OCc2cc(F)cc(Br)c2)n1. The first kappa shape index (κ1) is 13.5. The minimum atomic E-state index is -0.509. The molecule has 1 aromatic carbocycles. The van der Waals surface area contributed by atoms with Gasteiger partial charge in [0.2, 0.25) is 5.95 Å². The number of hydrogen-bond donors (Lipinski definition) is 1. The molecule has 100 valence electrons. The maximum atomic E-state index is 13.1. The van der Waals surface area contributed by atoms with Crippen LogP contribution in [0.1, 0.15) is 5.56 Å². The Morgan fingerprint density at radius 3 is 2.89 bits per heavy atom. The van der Waals surface area contributed by atoms with Gasteiger partial charge in [-0.1, -0.05) is 15.9 Å². The van der Waals surface area contributed by atoms with Crippen molar-refractivity contribution in [2.24, 2.45) is 0 Å². The lowest BCUT2D eigenvalue weighted by molar-refractivity contribution is -0.145. The molecule has 2 rings (SSSR count). The second-order valence-electron chi connectivity index (χ2n) is 3.74. The fourth-order valence-corrected chi connectivity index (χ4v) is 1.93. The van der Waals surface area contributed by atoms with Gasteiger partial charge in [-0.25, -0.2) is 14.1 Å². The smallest absolute Gasteiger partial charge is 0.328 e. The van der Waals surface area contributed by atoms with E-state index >= 15 is 0 Å². The zero-order valence-electron chi connectivity index (χ0n) is 9.72. The van der Waals surface area contributed by atoms with Crippen LogP contribution >= 0.6 is 15.9 Å². The van der Waals surface area contributed by atoms with E-state index in [1.807, 2.05) is 0 Å². The highest BCUT2D eigenvalue weighted by molar-refractivity contribution is 9.10. The number of carbonyl (C=O) groups is 1. The van der Waals surface area contributed by atoms with Crippen molar-refractivity contribution >= 4 is 27.8 Å². The molecule has 0 atom stereocenters. The van der Waals surface area contributed by atoms with Gasteiger partial charge in [0.1, 0.15) is 25.3 Å². The molecule has 0 aliphatic rings. The summed E-state index contributed by atoms with van der Waals surface area (Å²) in [5, 5.41) is 3.75. The molecule has 0 spiro atoms. The Balaban J connectivity index is 1.89. The number of benzene rings is 1. The molecular weight excluding hydrogens is 319 g/mol. The van der Waals surface area contributed by atoms with Gasteiger partial charge >= 0.3 is 5.97 Å². The van der Waals surface area contributed by atoms with Gasteiger partial charge in [0, 0.05) is 4.47 Å². The van der Waals surface area contributed by atoms with E-state index in [1.54, 1.807) is 6.07 Å². The van der Waals surface area contributed by atoms with Gasteiger partial charge in [-0.3, -0.25) is 4.79 Å². The molecule has 0 amide bonds. The third-order valence-electron chi connectivity index (χ3n) is 2.17. The molecule has 2 N–H and O–H groups in total. The van der Waals surface area contributed by atoms with E-state index in [0.29, 0.717) is 10.0 Å². The number of hydrogen-bond acceptors (Lipinski definition) is 5. The molecule has 6 nitrogen and oxygen atoms in total. The summed E-state index contributed by atoms with van der Waals surface area (Å²) in [7, 11) is 0. The molecule has 0 radical (unpaired) electrons. The number of nitrogens with two attached hydrogens (primary N) is 1. The third-order valence-corrected chi connectivity index (χ3v) is 2.63. The normalized spacial score (nSPS) is 10.4. The van der Waals surface area contributed by atoms with Crippen molar-refractivity contribution in [1.29, 1.82) is 0 Å². The van der Waals surface area contributed by atoms with E-state index < -0.39 is 11.8 Å². The van der Waals surface area contributed by atoms with Crippen LogP contribution in [-0.2, 0) is 22.7 Å². The molecule has 0 saturated heterocycles. The number of anilines is 1. The van der Waals surface area contributed by atoms with Gasteiger partial charge in [-0.05, 0) is 23.8 Å². The average molecular weight is 329 g/mol. The zero-order valence-corrected chi connectivity index (χ0v) is 11.3. The minimum Gasteiger partial charge on any atom is -0.459 e. The van der Waals surface area contributed by atoms with Crippen molar-refractivity contribution in [3.8, 4) is 0 Å². The van der Waals surface area contributed by atoms with Crippen molar-refractivity contribution in [3.63, 3.8) is 0 Å². The van der Waals surface area contributed by atoms with Crippen LogP contribution in [0, 0.1) is 5.82 Å². The van der Waals surface area contributed by atoms with Gasteiger partial charge in [0.15, 0.2) is 0 Å². The minimum absolute atomic E-state index is 0.0145. The van der Waals surface area contributed by atoms with E-state index in [4.69, 9.17) is 10.5 Å². The number of aromatic nitrogens is 3. The Labute approximate surface area is 116 Å². The van der Waals surface area contributed by atoms with Crippen LogP contribution in [0.15, 0.2) is 29.0 Å². The number of nitrogen functional groups attached to an aromatic ring is 1. The standard InChI is InChI=1S/C11H10BrFN4O2/c12-8-1-7(2-9(13)3-8)5-19-10(18)4-17-6-15-11(14)16-17/h1-3,6H,4-5H2,(H2,14,16). The van der Waals surface area contributed by atoms with E-state index in [9.17, 15) is 9.18 Å². The predicted octanol–water partition coefficient (Wildman–Crippen LogP) is 1.51. The lowest BCUT2D eigenvalue weighted by Gasteiger charge is -2.05. The van der Waals surface area contributed by atoms with E-state index in [-0.39, 0.29) is 19.1 Å². The highest BCUT2D eigenvalue weighted by Gasteiger charge is 2.07. The summed E-state index contributed by atoms with van der Waals surface area (Å²) >= 11 is 3.16. The Hall–Kier alpha value is -1.96. The first-order valence-corrected chi connectivity index (χ1v) is 6.08. The highest BCUT2D eigenvalue weighted by Crippen LogP contribution is 2.15. The Morgan fingerprint density at radius 2 is 2.26 bits per heavy atom. The van der Waals surface area contributed by atoms with Gasteiger partial charge in [0.25, 0.3) is 0 Å². The lowest BCUT2D eigenvalue weighted by Crippen LogP contribution is -2.14. The number of halogens is 2. The number of rotatable bonds is 4. The van der Waals surface area contributed by atoms with Crippen LogP contribution in [0.25, 0.3) is 0 Å². The number of carbonyl (C=O) groups excluding carboxylic acids is 1. The molecule has 0 saturated carbocycles. The zero-order chi connectivity index (χ0) is 13.8. The number of ether oxygens (including phenoxy) is 1. The summed E-state index contributed by atoms with van der Waals surface area (Å²) in [4.78, 5) is 15.2. The second-order valence-corrected chi connectivity index (χ2v) is 4.65. The van der Waals surface area contributed by atoms with Gasteiger partial charge in [-0.15, -0.1) is 5.10 Å². The molecule has 0 fully saturated rings. The second kappa shape index (κ2) is 5.79. The summed E-state index contributed by atoms with van der Waals surface area (Å²) < 4.78 is 19.9. The maximum Gasteiger partial charge on any atom is 0.328 e. The van der Waals surface area contributed by atoms with Crippen LogP contribution in [0.5, 0.6) is 0 Å². The third kappa shape index (κ3) is 4.02. The van der Waals surface area contributed by atoms with Gasteiger partial charge in [-0.2, -0.15) is 0 Å². The number of esters is 1. The highest BCUT2D eigenvalue weighted by atomic mass is 79.9. The largest absolute Gasteiger partial charge is 0.459 e. The topological polar surface area (TPSA) is 83.0 Å². The van der Waals surface area contributed by atoms with Crippen LogP contribution < -0.4 is 5.73 Å². The number of nitrogens with zero attached hydrogens (tertiary/aromatic N) is 3. The van der Waals surface area contributed by atoms with Gasteiger partial charge in [0.05, 0.1) is 0 Å². The van der Waals surface area contributed by atoms with Crippen LogP contribution in [0.4, 0.5) is 10.3 Å². The molecule has 2 aromatic rings. The van der Waals surface area contributed by atoms with Gasteiger partial charge < -0.3 is 10.5 Å². The summed E-state index contributed by atoms with van der Waals surface area (Å²) in [5.41, 5.74) is 5.86. The summed E-state index contributed by atoms with van der Waals surface area (Å²) in [6.07, 6.45) is 1.33. The molecular formula is C11H10BrFN4O2.